The average Bonchev–Trinajstić information content (AvgIpc) is 2.40. The Morgan fingerprint density at radius 2 is 2.00 bits per heavy atom. The molecule has 0 aliphatic rings. The minimum absolute atomic E-state index is 1.06. The Morgan fingerprint density at radius 3 is 2.54 bits per heavy atom. The van der Waals surface area contributed by atoms with E-state index in [9.17, 15) is 0 Å². The first kappa shape index (κ1) is 10.3. The summed E-state index contributed by atoms with van der Waals surface area (Å²) in [5.41, 5.74) is 4.10. The van der Waals surface area contributed by atoms with E-state index in [1.807, 2.05) is 11.7 Å². The summed E-state index contributed by atoms with van der Waals surface area (Å²) in [6.45, 7) is 6.58. The van der Waals surface area contributed by atoms with Crippen molar-refractivity contribution in [2.45, 2.75) is 46.5 Å². The molecular weight excluding hydrogens is 160 g/mol. The van der Waals surface area contributed by atoms with E-state index in [1.54, 1.807) is 0 Å². The number of hydrogen-bond acceptors (Lipinski definition) is 1. The highest BCUT2D eigenvalue weighted by molar-refractivity contribution is 5.25. The number of nitrogens with zero attached hydrogens (tertiary/aromatic N) is 2. The second-order valence-corrected chi connectivity index (χ2v) is 3.59. The third kappa shape index (κ3) is 2.11. The molecule has 0 N–H and O–H groups in total. The van der Waals surface area contributed by atoms with Gasteiger partial charge in [-0.2, -0.15) is 5.10 Å². The molecule has 0 aliphatic heterocycles. The first-order valence-corrected chi connectivity index (χ1v) is 5.22. The van der Waals surface area contributed by atoms with Crippen LogP contribution in [0.1, 0.15) is 43.6 Å². The molecule has 0 saturated heterocycles. The maximum absolute atomic E-state index is 4.50. The molecule has 0 spiro atoms. The van der Waals surface area contributed by atoms with Gasteiger partial charge >= 0.3 is 0 Å². The smallest absolute Gasteiger partial charge is 0.0656 e. The lowest BCUT2D eigenvalue weighted by Gasteiger charge is -2.00. The Hall–Kier alpha value is -0.790. The minimum Gasteiger partial charge on any atom is -0.272 e. The van der Waals surface area contributed by atoms with Crippen molar-refractivity contribution in [2.24, 2.45) is 7.05 Å². The van der Waals surface area contributed by atoms with Gasteiger partial charge in [-0.1, -0.05) is 20.3 Å². The first-order chi connectivity index (χ1) is 6.20. The zero-order chi connectivity index (χ0) is 9.84. The molecule has 0 fully saturated rings. The van der Waals surface area contributed by atoms with Gasteiger partial charge in [0.05, 0.1) is 5.69 Å². The zero-order valence-corrected chi connectivity index (χ0v) is 9.22. The topological polar surface area (TPSA) is 17.8 Å². The molecule has 74 valence electrons. The molecule has 0 unspecified atom stereocenters. The van der Waals surface area contributed by atoms with Crippen LogP contribution in [-0.4, -0.2) is 9.78 Å². The summed E-state index contributed by atoms with van der Waals surface area (Å²) in [5, 5.41) is 4.50. The third-order valence-corrected chi connectivity index (χ3v) is 2.66. The Bertz CT molecular complexity index is 274. The third-order valence-electron chi connectivity index (χ3n) is 2.66. The zero-order valence-electron chi connectivity index (χ0n) is 9.22. The number of aromatic nitrogens is 2. The molecule has 1 aromatic rings. The molecule has 0 radical (unpaired) electrons. The van der Waals surface area contributed by atoms with Crippen molar-refractivity contribution in [3.05, 3.63) is 17.0 Å². The predicted octanol–water partition coefficient (Wildman–Crippen LogP) is 2.63. The Labute approximate surface area is 81.0 Å². The Kier molecular flexibility index (Phi) is 3.52. The lowest BCUT2D eigenvalue weighted by Crippen LogP contribution is -1.94. The van der Waals surface area contributed by atoms with Gasteiger partial charge in [0, 0.05) is 12.7 Å². The van der Waals surface area contributed by atoms with Crippen LogP contribution in [0.5, 0.6) is 0 Å². The second-order valence-electron chi connectivity index (χ2n) is 3.59. The molecule has 13 heavy (non-hydrogen) atoms. The van der Waals surface area contributed by atoms with Gasteiger partial charge in [-0.05, 0) is 31.7 Å². The molecule has 0 atom stereocenters. The highest BCUT2D eigenvalue weighted by Gasteiger charge is 2.09. The van der Waals surface area contributed by atoms with E-state index in [1.165, 1.54) is 36.2 Å². The molecule has 1 rings (SSSR count). The van der Waals surface area contributed by atoms with Crippen LogP contribution in [0.2, 0.25) is 0 Å². The fraction of sp³-hybridized carbons (Fsp3) is 0.727. The summed E-state index contributed by atoms with van der Waals surface area (Å²) in [4.78, 5) is 0. The van der Waals surface area contributed by atoms with Crippen molar-refractivity contribution >= 4 is 0 Å². The summed E-state index contributed by atoms with van der Waals surface area (Å²) in [5.74, 6) is 0. The highest BCUT2D eigenvalue weighted by Crippen LogP contribution is 2.16. The van der Waals surface area contributed by atoms with Gasteiger partial charge in [-0.3, -0.25) is 4.68 Å². The van der Waals surface area contributed by atoms with Gasteiger partial charge in [0.1, 0.15) is 0 Å². The lowest BCUT2D eigenvalue weighted by molar-refractivity contribution is 0.722. The van der Waals surface area contributed by atoms with Crippen molar-refractivity contribution in [1.29, 1.82) is 0 Å². The van der Waals surface area contributed by atoms with Crippen LogP contribution in [0, 0.1) is 6.92 Å². The number of unbranched alkanes of at least 4 members (excludes halogenated alkanes) is 1. The van der Waals surface area contributed by atoms with Crippen molar-refractivity contribution in [3.63, 3.8) is 0 Å². The highest BCUT2D eigenvalue weighted by atomic mass is 15.3. The fourth-order valence-electron chi connectivity index (χ4n) is 1.68. The summed E-state index contributed by atoms with van der Waals surface area (Å²) < 4.78 is 2.00. The number of aryl methyl sites for hydroxylation is 2. The lowest BCUT2D eigenvalue weighted by atomic mass is 10.1. The van der Waals surface area contributed by atoms with Crippen LogP contribution in [0.4, 0.5) is 0 Å². The number of rotatable bonds is 4. The quantitative estimate of drug-likeness (QED) is 0.696. The fourth-order valence-corrected chi connectivity index (χ4v) is 1.68. The molecule has 1 aromatic heterocycles. The van der Waals surface area contributed by atoms with Gasteiger partial charge < -0.3 is 0 Å². The van der Waals surface area contributed by atoms with E-state index in [-0.39, 0.29) is 0 Å². The Balaban J connectivity index is 2.88. The van der Waals surface area contributed by atoms with Gasteiger partial charge in [0.2, 0.25) is 0 Å². The van der Waals surface area contributed by atoms with Gasteiger partial charge in [0.15, 0.2) is 0 Å². The van der Waals surface area contributed by atoms with E-state index < -0.39 is 0 Å². The summed E-state index contributed by atoms with van der Waals surface area (Å²) in [6, 6.07) is 0. The normalized spacial score (nSPS) is 10.8. The monoisotopic (exact) mass is 180 g/mol. The summed E-state index contributed by atoms with van der Waals surface area (Å²) >= 11 is 0. The van der Waals surface area contributed by atoms with Crippen LogP contribution in [0.25, 0.3) is 0 Å². The van der Waals surface area contributed by atoms with Gasteiger partial charge in [-0.15, -0.1) is 0 Å². The van der Waals surface area contributed by atoms with Crippen molar-refractivity contribution in [1.82, 2.24) is 9.78 Å². The molecule has 0 amide bonds. The molecular formula is C11H20N2. The van der Waals surface area contributed by atoms with E-state index in [0.717, 1.165) is 6.42 Å². The molecule has 0 aliphatic carbocycles. The maximum Gasteiger partial charge on any atom is 0.0656 e. The largest absolute Gasteiger partial charge is 0.272 e. The van der Waals surface area contributed by atoms with Crippen LogP contribution >= 0.6 is 0 Å². The summed E-state index contributed by atoms with van der Waals surface area (Å²) in [6.07, 6.45) is 4.79. The van der Waals surface area contributed by atoms with Crippen LogP contribution in [0.3, 0.4) is 0 Å². The van der Waals surface area contributed by atoms with Crippen molar-refractivity contribution < 1.29 is 0 Å². The molecule has 0 aromatic carbocycles. The molecule has 2 heteroatoms. The number of hydrogen-bond donors (Lipinski definition) is 0. The van der Waals surface area contributed by atoms with Crippen LogP contribution in [-0.2, 0) is 19.9 Å². The van der Waals surface area contributed by atoms with E-state index in [4.69, 9.17) is 0 Å². The van der Waals surface area contributed by atoms with E-state index in [0.29, 0.717) is 0 Å². The first-order valence-electron chi connectivity index (χ1n) is 5.22. The molecule has 0 saturated carbocycles. The van der Waals surface area contributed by atoms with Gasteiger partial charge in [-0.25, -0.2) is 0 Å². The summed E-state index contributed by atoms with van der Waals surface area (Å²) in [7, 11) is 2.03. The SMILES string of the molecule is CCCCc1c(CC)nn(C)c1C. The maximum atomic E-state index is 4.50. The van der Waals surface area contributed by atoms with Crippen molar-refractivity contribution in [3.8, 4) is 0 Å². The second kappa shape index (κ2) is 4.45. The van der Waals surface area contributed by atoms with E-state index in [2.05, 4.69) is 25.9 Å². The molecule has 2 nitrogen and oxygen atoms in total. The standard InChI is InChI=1S/C11H20N2/c1-5-7-8-10-9(3)13(4)12-11(10)6-2/h5-8H2,1-4H3. The molecule has 0 bridgehead atoms. The van der Waals surface area contributed by atoms with Crippen molar-refractivity contribution in [2.75, 3.05) is 0 Å². The molecule has 1 heterocycles. The minimum atomic E-state index is 1.06. The van der Waals surface area contributed by atoms with Crippen LogP contribution < -0.4 is 0 Å². The Morgan fingerprint density at radius 1 is 1.31 bits per heavy atom. The van der Waals surface area contributed by atoms with Crippen LogP contribution in [0.15, 0.2) is 0 Å². The predicted molar refractivity (Wildman–Crippen MR) is 55.9 cm³/mol. The van der Waals surface area contributed by atoms with Gasteiger partial charge in [0.25, 0.3) is 0 Å². The average molecular weight is 180 g/mol. The van der Waals surface area contributed by atoms with E-state index >= 15 is 0 Å².